The van der Waals surface area contributed by atoms with Crippen LogP contribution in [-0.4, -0.2) is 46.8 Å². The molecule has 224 valence electrons. The number of rotatable bonds is 7. The Morgan fingerprint density at radius 3 is 2.35 bits per heavy atom. The van der Waals surface area contributed by atoms with Gasteiger partial charge in [-0.3, -0.25) is 14.3 Å². The normalized spacial score (nSPS) is 16.8. The lowest BCUT2D eigenvalue weighted by molar-refractivity contribution is -0.147. The van der Waals surface area contributed by atoms with Gasteiger partial charge >= 0.3 is 12.1 Å². The summed E-state index contributed by atoms with van der Waals surface area (Å²) in [5, 5.41) is 1.39. The summed E-state index contributed by atoms with van der Waals surface area (Å²) < 4.78 is 18.6. The topological polar surface area (TPSA) is 87.1 Å². The van der Waals surface area contributed by atoms with E-state index in [1.165, 1.54) is 4.90 Å². The van der Waals surface area contributed by atoms with Crippen molar-refractivity contribution in [3.05, 3.63) is 100 Å². The zero-order valence-electron chi connectivity index (χ0n) is 24.9. The molecule has 1 aliphatic heterocycles. The van der Waals surface area contributed by atoms with E-state index in [0.29, 0.717) is 28.3 Å². The SMILES string of the molecule is COc1ccc2c(c1)c(C)c(CC[C@H]1C(=O)O[C@H](C(C)(C)C)N1C(=O)OCc1ccccc1)n2C(=O)c1ccc(Cl)cc1. The van der Waals surface area contributed by atoms with Gasteiger partial charge in [0.2, 0.25) is 0 Å². The van der Waals surface area contributed by atoms with Crippen LogP contribution >= 0.6 is 11.6 Å². The molecule has 1 saturated heterocycles. The lowest BCUT2D eigenvalue weighted by atomic mass is 9.93. The number of nitrogens with zero attached hydrogens (tertiary/aromatic N) is 2. The van der Waals surface area contributed by atoms with E-state index in [9.17, 15) is 14.4 Å². The van der Waals surface area contributed by atoms with Crippen molar-refractivity contribution < 1.29 is 28.6 Å². The lowest BCUT2D eigenvalue weighted by Gasteiger charge is -2.33. The number of halogens is 1. The first-order chi connectivity index (χ1) is 20.5. The molecule has 0 spiro atoms. The van der Waals surface area contributed by atoms with E-state index in [0.717, 1.165) is 22.2 Å². The molecule has 0 aliphatic carbocycles. The van der Waals surface area contributed by atoms with Crippen LogP contribution in [0, 0.1) is 12.3 Å². The van der Waals surface area contributed by atoms with Gasteiger partial charge in [-0.25, -0.2) is 9.59 Å². The molecule has 2 heterocycles. The lowest BCUT2D eigenvalue weighted by Crippen LogP contribution is -2.48. The van der Waals surface area contributed by atoms with Gasteiger partial charge in [0.25, 0.3) is 5.91 Å². The number of benzene rings is 3. The molecule has 0 radical (unpaired) electrons. The predicted molar refractivity (Wildman–Crippen MR) is 164 cm³/mol. The van der Waals surface area contributed by atoms with Crippen LogP contribution in [0.1, 0.15) is 54.4 Å². The first-order valence-corrected chi connectivity index (χ1v) is 14.5. The maximum Gasteiger partial charge on any atom is 0.413 e. The second kappa shape index (κ2) is 12.1. The Kier molecular flexibility index (Phi) is 8.51. The van der Waals surface area contributed by atoms with E-state index in [1.54, 1.807) is 35.9 Å². The number of esters is 1. The van der Waals surface area contributed by atoms with Crippen molar-refractivity contribution >= 4 is 40.5 Å². The molecule has 0 bridgehead atoms. The minimum Gasteiger partial charge on any atom is -0.497 e. The zero-order valence-corrected chi connectivity index (χ0v) is 25.7. The molecule has 0 saturated carbocycles. The number of aryl methyl sites for hydroxylation is 1. The number of methoxy groups -OCH3 is 1. The molecule has 1 amide bonds. The van der Waals surface area contributed by atoms with E-state index >= 15 is 0 Å². The standard InChI is InChI=1S/C34H35ClN2O6/c1-21-26-19-25(41-5)15-16-28(26)36(30(38)23-11-13-24(35)14-12-23)27(21)17-18-29-31(39)43-32(34(2,3)4)37(29)33(40)42-20-22-9-7-6-8-10-22/h6-16,19,29,32H,17-18,20H2,1-5H3/t29-,32+/m0/s1. The van der Waals surface area contributed by atoms with Crippen LogP contribution in [-0.2, 0) is 27.3 Å². The smallest absolute Gasteiger partial charge is 0.413 e. The highest BCUT2D eigenvalue weighted by molar-refractivity contribution is 6.30. The molecular formula is C34H35ClN2O6. The molecule has 9 heteroatoms. The summed E-state index contributed by atoms with van der Waals surface area (Å²) in [6, 6.07) is 20.8. The number of ether oxygens (including phenoxy) is 3. The van der Waals surface area contributed by atoms with E-state index < -0.39 is 29.7 Å². The summed E-state index contributed by atoms with van der Waals surface area (Å²) in [5.41, 5.74) is 3.08. The molecule has 1 aliphatic rings. The minimum absolute atomic E-state index is 0.0682. The van der Waals surface area contributed by atoms with Crippen molar-refractivity contribution in [2.75, 3.05) is 7.11 Å². The fourth-order valence-electron chi connectivity index (χ4n) is 5.52. The molecule has 2 atom stereocenters. The number of cyclic esters (lactones) is 1. The van der Waals surface area contributed by atoms with Gasteiger partial charge in [-0.2, -0.15) is 0 Å². The molecule has 1 fully saturated rings. The number of aromatic nitrogens is 1. The van der Waals surface area contributed by atoms with Crippen LogP contribution in [0.3, 0.4) is 0 Å². The van der Waals surface area contributed by atoms with Crippen molar-refractivity contribution in [1.82, 2.24) is 9.47 Å². The van der Waals surface area contributed by atoms with E-state index in [2.05, 4.69) is 0 Å². The minimum atomic E-state index is -0.890. The molecule has 4 aromatic rings. The maximum absolute atomic E-state index is 13.9. The summed E-state index contributed by atoms with van der Waals surface area (Å²) in [7, 11) is 1.59. The molecule has 8 nitrogen and oxygen atoms in total. The summed E-state index contributed by atoms with van der Waals surface area (Å²) in [5.74, 6) is -0.0591. The maximum atomic E-state index is 13.9. The van der Waals surface area contributed by atoms with Gasteiger partial charge in [0, 0.05) is 27.1 Å². The fraction of sp³-hybridized carbons (Fsp3) is 0.324. The van der Waals surface area contributed by atoms with Crippen molar-refractivity contribution in [3.63, 3.8) is 0 Å². The quantitative estimate of drug-likeness (QED) is 0.208. The Bertz CT molecular complexity index is 1660. The second-order valence-corrected chi connectivity index (χ2v) is 12.2. The first kappa shape index (κ1) is 30.2. The Morgan fingerprint density at radius 1 is 1.00 bits per heavy atom. The molecule has 0 unspecified atom stereocenters. The third-order valence-corrected chi connectivity index (χ3v) is 8.00. The number of amides is 1. The van der Waals surface area contributed by atoms with Gasteiger partial charge in [0.15, 0.2) is 6.23 Å². The largest absolute Gasteiger partial charge is 0.497 e. The predicted octanol–water partition coefficient (Wildman–Crippen LogP) is 7.17. The molecule has 5 rings (SSSR count). The monoisotopic (exact) mass is 602 g/mol. The molecule has 1 aromatic heterocycles. The van der Waals surface area contributed by atoms with Gasteiger partial charge in [-0.05, 0) is 73.4 Å². The van der Waals surface area contributed by atoms with E-state index in [-0.39, 0.29) is 18.9 Å². The molecular weight excluding hydrogens is 568 g/mol. The summed E-state index contributed by atoms with van der Waals surface area (Å²) in [4.78, 5) is 42.1. The molecule has 0 N–H and O–H groups in total. The van der Waals surface area contributed by atoms with Crippen LogP contribution in [0.4, 0.5) is 4.79 Å². The highest BCUT2D eigenvalue weighted by atomic mass is 35.5. The van der Waals surface area contributed by atoms with Crippen LogP contribution < -0.4 is 4.74 Å². The van der Waals surface area contributed by atoms with Crippen LogP contribution in [0.2, 0.25) is 5.02 Å². The molecule has 3 aromatic carbocycles. The van der Waals surface area contributed by atoms with Crippen molar-refractivity contribution in [2.45, 2.75) is 59.4 Å². The van der Waals surface area contributed by atoms with Crippen LogP contribution in [0.25, 0.3) is 10.9 Å². The second-order valence-electron chi connectivity index (χ2n) is 11.8. The summed E-state index contributed by atoms with van der Waals surface area (Å²) >= 11 is 6.08. The number of hydrogen-bond acceptors (Lipinski definition) is 6. The van der Waals surface area contributed by atoms with Crippen molar-refractivity contribution in [2.24, 2.45) is 5.41 Å². The highest BCUT2D eigenvalue weighted by Gasteiger charge is 2.50. The first-order valence-electron chi connectivity index (χ1n) is 14.2. The number of hydrogen-bond donors (Lipinski definition) is 0. The third-order valence-electron chi connectivity index (χ3n) is 7.75. The highest BCUT2D eigenvalue weighted by Crippen LogP contribution is 2.36. The van der Waals surface area contributed by atoms with Gasteiger partial charge in [0.05, 0.1) is 12.6 Å². The molecule has 43 heavy (non-hydrogen) atoms. The summed E-state index contributed by atoms with van der Waals surface area (Å²) in [6.45, 7) is 7.74. The number of carbonyl (C=O) groups is 3. The van der Waals surface area contributed by atoms with Crippen LogP contribution in [0.5, 0.6) is 5.75 Å². The van der Waals surface area contributed by atoms with Crippen molar-refractivity contribution in [1.29, 1.82) is 0 Å². The number of carbonyl (C=O) groups excluding carboxylic acids is 3. The van der Waals surface area contributed by atoms with Crippen LogP contribution in [0.15, 0.2) is 72.8 Å². The summed E-state index contributed by atoms with van der Waals surface area (Å²) in [6.07, 6.45) is -0.881. The van der Waals surface area contributed by atoms with E-state index in [4.69, 9.17) is 25.8 Å². The third kappa shape index (κ3) is 6.11. The van der Waals surface area contributed by atoms with Gasteiger partial charge in [-0.15, -0.1) is 0 Å². The Morgan fingerprint density at radius 2 is 1.70 bits per heavy atom. The Balaban J connectivity index is 1.49. The fourth-order valence-corrected chi connectivity index (χ4v) is 5.65. The van der Waals surface area contributed by atoms with Crippen molar-refractivity contribution in [3.8, 4) is 5.75 Å². The number of fused-ring (bicyclic) bond motifs is 1. The van der Waals surface area contributed by atoms with E-state index in [1.807, 2.05) is 76.2 Å². The average Bonchev–Trinajstić information content (AvgIpc) is 3.48. The Labute approximate surface area is 256 Å². The Hall–Kier alpha value is -4.30. The van der Waals surface area contributed by atoms with Gasteiger partial charge < -0.3 is 14.2 Å². The average molecular weight is 603 g/mol. The zero-order chi connectivity index (χ0) is 30.9. The van der Waals surface area contributed by atoms with Gasteiger partial charge in [0.1, 0.15) is 18.4 Å². The van der Waals surface area contributed by atoms with Gasteiger partial charge in [-0.1, -0.05) is 62.7 Å².